The van der Waals surface area contributed by atoms with E-state index in [4.69, 9.17) is 5.41 Å². The van der Waals surface area contributed by atoms with E-state index in [1.54, 1.807) is 13.8 Å². The summed E-state index contributed by atoms with van der Waals surface area (Å²) in [6, 6.07) is 15.2. The fourth-order valence-electron chi connectivity index (χ4n) is 3.33. The maximum Gasteiger partial charge on any atom is 0.327 e. The largest absolute Gasteiger partial charge is 0.391 e. The van der Waals surface area contributed by atoms with Gasteiger partial charge in [0.15, 0.2) is 0 Å². The first-order chi connectivity index (χ1) is 14.4. The molecule has 0 radical (unpaired) electrons. The highest BCUT2D eigenvalue weighted by Gasteiger charge is 2.20. The minimum atomic E-state index is -0.667. The summed E-state index contributed by atoms with van der Waals surface area (Å²) < 4.78 is 1.08. The van der Waals surface area contributed by atoms with E-state index in [0.29, 0.717) is 5.69 Å². The predicted molar refractivity (Wildman–Crippen MR) is 126 cm³/mol. The molecule has 2 unspecified atom stereocenters. The number of aliphatic hydroxyl groups excluding tert-OH is 1. The molecule has 1 aliphatic heterocycles. The number of halogens is 1. The molecule has 30 heavy (non-hydrogen) atoms. The Morgan fingerprint density at radius 3 is 1.93 bits per heavy atom. The molecule has 2 atom stereocenters. The first-order valence-corrected chi connectivity index (χ1v) is 10.8. The number of carbonyl (C=O) groups is 1. The van der Waals surface area contributed by atoms with Crippen molar-refractivity contribution in [2.45, 2.75) is 26.0 Å². The summed E-state index contributed by atoms with van der Waals surface area (Å²) in [5, 5.41) is 19.9. The fraction of sp³-hybridized carbons (Fsp3) is 0.364. The molecule has 0 saturated carbocycles. The van der Waals surface area contributed by atoms with Crippen LogP contribution in [0.25, 0.3) is 0 Å². The summed E-state index contributed by atoms with van der Waals surface area (Å²) >= 11 is 3.48. The van der Waals surface area contributed by atoms with Gasteiger partial charge in [0.1, 0.15) is 0 Å². The molecule has 3 N–H and O–H groups in total. The van der Waals surface area contributed by atoms with Gasteiger partial charge in [0, 0.05) is 42.0 Å². The number of nitrogens with one attached hydrogen (secondary N) is 2. The van der Waals surface area contributed by atoms with Gasteiger partial charge in [-0.15, -0.1) is 0 Å². The third kappa shape index (κ3) is 5.31. The second-order valence-corrected chi connectivity index (χ2v) is 8.36. The van der Waals surface area contributed by atoms with E-state index in [1.807, 2.05) is 24.3 Å². The number of anilines is 3. The Balaban J connectivity index is 1.60. The molecule has 0 aliphatic carbocycles. The number of urea groups is 1. The van der Waals surface area contributed by atoms with Gasteiger partial charge in [0.2, 0.25) is 0 Å². The Bertz CT molecular complexity index is 849. The van der Waals surface area contributed by atoms with E-state index in [9.17, 15) is 9.90 Å². The van der Waals surface area contributed by atoms with E-state index in [0.717, 1.165) is 42.7 Å². The van der Waals surface area contributed by atoms with Gasteiger partial charge in [0.25, 0.3) is 0 Å². The Morgan fingerprint density at radius 2 is 1.50 bits per heavy atom. The number of benzene rings is 2. The summed E-state index contributed by atoms with van der Waals surface area (Å²) in [6.07, 6.45) is 0.316. The summed E-state index contributed by atoms with van der Waals surface area (Å²) in [4.78, 5) is 18.3. The lowest BCUT2D eigenvalue weighted by Gasteiger charge is -2.37. The van der Waals surface area contributed by atoms with Gasteiger partial charge < -0.3 is 20.2 Å². The Labute approximate surface area is 185 Å². The maximum absolute atomic E-state index is 12.4. The van der Waals surface area contributed by atoms with Crippen LogP contribution in [0.2, 0.25) is 0 Å². The summed E-state index contributed by atoms with van der Waals surface area (Å²) in [5.74, 6) is 0. The third-order valence-corrected chi connectivity index (χ3v) is 5.92. The molecule has 2 amide bonds. The summed E-state index contributed by atoms with van der Waals surface area (Å²) in [7, 11) is 0. The molecule has 0 spiro atoms. The number of amides is 2. The SMILES string of the molecule is CC(O)C(C)NC(=O)N(C=N)c1ccc(N2CCN(c3ccc(Br)cc3)CC2)cc1. The molecule has 0 bridgehead atoms. The third-order valence-electron chi connectivity index (χ3n) is 5.39. The van der Waals surface area contributed by atoms with Crippen molar-refractivity contribution in [3.63, 3.8) is 0 Å². The standard InChI is InChI=1S/C22H28BrN5O2/c1-16(17(2)29)25-22(30)28(15-24)21-9-7-20(8-10-21)27-13-11-26(12-14-27)19-5-3-18(23)4-6-19/h3-10,15-17,24,29H,11-14H2,1-2H3,(H,25,30). The van der Waals surface area contributed by atoms with Gasteiger partial charge in [-0.05, 0) is 62.4 Å². The zero-order valence-corrected chi connectivity index (χ0v) is 18.8. The van der Waals surface area contributed by atoms with Crippen molar-refractivity contribution < 1.29 is 9.90 Å². The molecule has 7 nitrogen and oxygen atoms in total. The zero-order chi connectivity index (χ0) is 21.7. The molecule has 1 aliphatic rings. The van der Waals surface area contributed by atoms with Crippen LogP contribution >= 0.6 is 15.9 Å². The second-order valence-electron chi connectivity index (χ2n) is 7.44. The van der Waals surface area contributed by atoms with Crippen LogP contribution in [0.4, 0.5) is 21.9 Å². The second kappa shape index (κ2) is 9.95. The molecule has 160 valence electrons. The lowest BCUT2D eigenvalue weighted by Crippen LogP contribution is -2.47. The first kappa shape index (κ1) is 22.1. The minimum Gasteiger partial charge on any atom is -0.391 e. The van der Waals surface area contributed by atoms with Crippen LogP contribution in [-0.4, -0.2) is 55.8 Å². The van der Waals surface area contributed by atoms with Crippen molar-refractivity contribution >= 4 is 45.4 Å². The monoisotopic (exact) mass is 473 g/mol. The van der Waals surface area contributed by atoms with Crippen LogP contribution in [0.3, 0.4) is 0 Å². The number of hydrogen-bond donors (Lipinski definition) is 3. The minimum absolute atomic E-state index is 0.402. The molecule has 1 fully saturated rings. The number of nitrogens with zero attached hydrogens (tertiary/aromatic N) is 3. The normalized spacial score (nSPS) is 16.0. The number of rotatable bonds is 6. The highest BCUT2D eigenvalue weighted by atomic mass is 79.9. The van der Waals surface area contributed by atoms with Crippen molar-refractivity contribution in [2.75, 3.05) is 40.9 Å². The van der Waals surface area contributed by atoms with Gasteiger partial charge >= 0.3 is 6.03 Å². The smallest absolute Gasteiger partial charge is 0.327 e. The molecule has 2 aromatic carbocycles. The van der Waals surface area contributed by atoms with Crippen molar-refractivity contribution in [1.29, 1.82) is 5.41 Å². The highest BCUT2D eigenvalue weighted by Crippen LogP contribution is 2.24. The van der Waals surface area contributed by atoms with Gasteiger partial charge in [-0.1, -0.05) is 15.9 Å². The maximum atomic E-state index is 12.4. The van der Waals surface area contributed by atoms with Crippen molar-refractivity contribution in [3.8, 4) is 0 Å². The van der Waals surface area contributed by atoms with E-state index in [-0.39, 0.29) is 0 Å². The van der Waals surface area contributed by atoms with Crippen molar-refractivity contribution in [2.24, 2.45) is 0 Å². The number of aliphatic hydroxyl groups is 1. The Hall–Kier alpha value is -2.58. The highest BCUT2D eigenvalue weighted by molar-refractivity contribution is 9.10. The average Bonchev–Trinajstić information content (AvgIpc) is 2.75. The van der Waals surface area contributed by atoms with Crippen LogP contribution in [-0.2, 0) is 0 Å². The summed E-state index contributed by atoms with van der Waals surface area (Å²) in [5.41, 5.74) is 2.93. The average molecular weight is 474 g/mol. The molecular formula is C22H28BrN5O2. The molecule has 8 heteroatoms. The first-order valence-electron chi connectivity index (χ1n) is 10.0. The van der Waals surface area contributed by atoms with Crippen molar-refractivity contribution in [1.82, 2.24) is 5.32 Å². The lowest BCUT2D eigenvalue weighted by atomic mass is 10.2. The van der Waals surface area contributed by atoms with Gasteiger partial charge in [-0.3, -0.25) is 10.3 Å². The molecule has 3 rings (SSSR count). The van der Waals surface area contributed by atoms with Crippen LogP contribution in [0, 0.1) is 5.41 Å². The molecular weight excluding hydrogens is 446 g/mol. The van der Waals surface area contributed by atoms with E-state index in [2.05, 4.69) is 55.3 Å². The fourth-order valence-corrected chi connectivity index (χ4v) is 3.60. The van der Waals surface area contributed by atoms with Gasteiger partial charge in [0.05, 0.1) is 24.2 Å². The quantitative estimate of drug-likeness (QED) is 0.441. The van der Waals surface area contributed by atoms with E-state index < -0.39 is 18.2 Å². The van der Waals surface area contributed by atoms with Crippen LogP contribution < -0.4 is 20.0 Å². The van der Waals surface area contributed by atoms with Gasteiger partial charge in [-0.2, -0.15) is 0 Å². The number of piperazine rings is 1. The molecule has 1 saturated heterocycles. The lowest BCUT2D eigenvalue weighted by molar-refractivity contribution is 0.154. The Kier molecular flexibility index (Phi) is 7.33. The number of carbonyl (C=O) groups excluding carboxylic acids is 1. The molecule has 2 aromatic rings. The number of hydrogen-bond acceptors (Lipinski definition) is 5. The van der Waals surface area contributed by atoms with Crippen LogP contribution in [0.5, 0.6) is 0 Å². The topological polar surface area (TPSA) is 82.9 Å². The Morgan fingerprint density at radius 1 is 1.03 bits per heavy atom. The van der Waals surface area contributed by atoms with Crippen LogP contribution in [0.1, 0.15) is 13.8 Å². The molecule has 0 aromatic heterocycles. The molecule has 1 heterocycles. The van der Waals surface area contributed by atoms with E-state index >= 15 is 0 Å². The zero-order valence-electron chi connectivity index (χ0n) is 17.3. The van der Waals surface area contributed by atoms with Crippen molar-refractivity contribution in [3.05, 3.63) is 53.0 Å². The van der Waals surface area contributed by atoms with Gasteiger partial charge in [-0.25, -0.2) is 4.79 Å². The van der Waals surface area contributed by atoms with Crippen LogP contribution in [0.15, 0.2) is 53.0 Å². The summed E-state index contributed by atoms with van der Waals surface area (Å²) in [6.45, 7) is 7.05. The predicted octanol–water partition coefficient (Wildman–Crippen LogP) is 3.67. The van der Waals surface area contributed by atoms with E-state index in [1.165, 1.54) is 10.6 Å².